The molecule has 5 heteroatoms. The zero-order valence-electron chi connectivity index (χ0n) is 11.6. The number of fused-ring (bicyclic) bond motifs is 8. The Labute approximate surface area is 125 Å². The number of nitrogens with two attached hydrogens (primary N) is 1. The molecule has 0 saturated carbocycles. The van der Waals surface area contributed by atoms with Crippen LogP contribution in [0, 0.1) is 0 Å². The van der Waals surface area contributed by atoms with Crippen LogP contribution in [0.5, 0.6) is 0 Å². The van der Waals surface area contributed by atoms with E-state index in [2.05, 4.69) is 38.6 Å². The Kier molecular flexibility index (Phi) is 2.09. The molecule has 0 unspecified atom stereocenters. The highest BCUT2D eigenvalue weighted by Gasteiger charge is 2.18. The van der Waals surface area contributed by atoms with Gasteiger partial charge in [0.1, 0.15) is 5.52 Å². The summed E-state index contributed by atoms with van der Waals surface area (Å²) >= 11 is 0. The van der Waals surface area contributed by atoms with Crippen molar-refractivity contribution in [2.24, 2.45) is 15.9 Å². The molecule has 104 valence electrons. The van der Waals surface area contributed by atoms with Crippen LogP contribution in [0.3, 0.4) is 0 Å². The Morgan fingerprint density at radius 1 is 1.00 bits per heavy atom. The first-order valence-electron chi connectivity index (χ1n) is 7.13. The summed E-state index contributed by atoms with van der Waals surface area (Å²) in [5.41, 5.74) is 10.6. The lowest BCUT2D eigenvalue weighted by molar-refractivity contribution is 0.970. The minimum atomic E-state index is 0.575. The van der Waals surface area contributed by atoms with Crippen LogP contribution in [0.4, 0.5) is 0 Å². The van der Waals surface area contributed by atoms with Gasteiger partial charge in [-0.15, -0.1) is 15.3 Å². The highest BCUT2D eigenvalue weighted by molar-refractivity contribution is 6.14. The van der Waals surface area contributed by atoms with Crippen molar-refractivity contribution < 1.29 is 0 Å². The first-order valence-corrected chi connectivity index (χ1v) is 7.13. The molecule has 3 aromatic rings. The van der Waals surface area contributed by atoms with Gasteiger partial charge in [-0.3, -0.25) is 0 Å². The lowest BCUT2D eigenvalue weighted by Gasteiger charge is -2.15. The molecule has 0 atom stereocenters. The zero-order chi connectivity index (χ0) is 14.7. The van der Waals surface area contributed by atoms with Crippen molar-refractivity contribution in [1.82, 2.24) is 10.2 Å². The second-order valence-electron chi connectivity index (χ2n) is 5.44. The van der Waals surface area contributed by atoms with Gasteiger partial charge >= 0.3 is 0 Å². The van der Waals surface area contributed by atoms with Crippen molar-refractivity contribution in [3.8, 4) is 0 Å². The monoisotopic (exact) mass is 285 g/mol. The molecule has 0 amide bonds. The van der Waals surface area contributed by atoms with Crippen LogP contribution in [0.15, 0.2) is 40.5 Å². The highest BCUT2D eigenvalue weighted by atomic mass is 15.3. The van der Waals surface area contributed by atoms with E-state index in [0.717, 1.165) is 50.1 Å². The van der Waals surface area contributed by atoms with Gasteiger partial charge in [-0.05, 0) is 17.0 Å². The fourth-order valence-electron chi connectivity index (χ4n) is 3.34. The fraction of sp³-hybridized carbons (Fsp3) is 0.0588. The van der Waals surface area contributed by atoms with E-state index in [1.54, 1.807) is 6.21 Å². The van der Waals surface area contributed by atoms with E-state index in [9.17, 15) is 0 Å². The van der Waals surface area contributed by atoms with Crippen LogP contribution in [-0.2, 0) is 0 Å². The third-order valence-electron chi connectivity index (χ3n) is 4.27. The molecule has 0 radical (unpaired) electrons. The molecule has 2 N–H and O–H groups in total. The lowest BCUT2D eigenvalue weighted by atomic mass is 9.91. The van der Waals surface area contributed by atoms with Crippen molar-refractivity contribution >= 4 is 39.7 Å². The topological polar surface area (TPSA) is 76.5 Å². The molecule has 1 aromatic heterocycles. The number of benzene rings is 2. The van der Waals surface area contributed by atoms with Crippen LogP contribution in [0.1, 0.15) is 17.5 Å². The van der Waals surface area contributed by atoms with Gasteiger partial charge in [-0.25, -0.2) is 0 Å². The second kappa shape index (κ2) is 3.98. The van der Waals surface area contributed by atoms with E-state index in [4.69, 9.17) is 5.73 Å². The van der Waals surface area contributed by atoms with Gasteiger partial charge in [0.2, 0.25) is 5.49 Å². The predicted molar refractivity (Wildman–Crippen MR) is 86.7 cm³/mol. The summed E-state index contributed by atoms with van der Waals surface area (Å²) in [5.74, 6) is 0. The minimum absolute atomic E-state index is 0.575. The standard InChI is InChI=1S/C17H11N5/c18-13-7-3-6-11-14(13)9-4-1-2-5-10(9)16-15(11)12-8-19-21-17(12)22-20-16/h1-2,4-8H,3,18H2. The largest absolute Gasteiger partial charge is 0.398 e. The highest BCUT2D eigenvalue weighted by Crippen LogP contribution is 2.28. The summed E-state index contributed by atoms with van der Waals surface area (Å²) in [5, 5.41) is 21.0. The maximum absolute atomic E-state index is 6.30. The average Bonchev–Trinajstić information content (AvgIpc) is 3.03. The molecule has 1 aliphatic carbocycles. The van der Waals surface area contributed by atoms with E-state index in [0.29, 0.717) is 5.49 Å². The molecule has 0 bridgehead atoms. The predicted octanol–water partition coefficient (Wildman–Crippen LogP) is 1.23. The summed E-state index contributed by atoms with van der Waals surface area (Å²) < 4.78 is 0. The van der Waals surface area contributed by atoms with Crippen molar-refractivity contribution in [2.75, 3.05) is 0 Å². The molecule has 2 heterocycles. The van der Waals surface area contributed by atoms with Crippen LogP contribution in [0.2, 0.25) is 0 Å². The minimum Gasteiger partial charge on any atom is -0.398 e. The Balaban J connectivity index is 2.19. The van der Waals surface area contributed by atoms with Crippen molar-refractivity contribution in [1.29, 1.82) is 0 Å². The van der Waals surface area contributed by atoms with E-state index in [1.807, 2.05) is 18.2 Å². The van der Waals surface area contributed by atoms with E-state index < -0.39 is 0 Å². The summed E-state index contributed by atoms with van der Waals surface area (Å²) in [6.45, 7) is 0. The first kappa shape index (κ1) is 11.6. The molecule has 5 nitrogen and oxygen atoms in total. The van der Waals surface area contributed by atoms with Gasteiger partial charge in [0.05, 0.1) is 11.8 Å². The van der Waals surface area contributed by atoms with Crippen molar-refractivity contribution in [3.05, 3.63) is 52.2 Å². The van der Waals surface area contributed by atoms with Crippen molar-refractivity contribution in [3.63, 3.8) is 0 Å². The quantitative estimate of drug-likeness (QED) is 0.631. The van der Waals surface area contributed by atoms with Crippen LogP contribution < -0.4 is 16.4 Å². The molecule has 5 rings (SSSR count). The summed E-state index contributed by atoms with van der Waals surface area (Å²) in [4.78, 5) is 0. The number of hydrogen-bond donors (Lipinski definition) is 1. The molecule has 1 aliphatic heterocycles. The Morgan fingerprint density at radius 2 is 1.86 bits per heavy atom. The summed E-state index contributed by atoms with van der Waals surface area (Å²) in [7, 11) is 0. The number of rotatable bonds is 0. The normalized spacial score (nSPS) is 15.2. The Hall–Kier alpha value is -3.08. The summed E-state index contributed by atoms with van der Waals surface area (Å²) in [6, 6.07) is 8.17. The van der Waals surface area contributed by atoms with Crippen LogP contribution in [-0.4, -0.2) is 16.4 Å². The van der Waals surface area contributed by atoms with Gasteiger partial charge < -0.3 is 5.73 Å². The fourth-order valence-corrected chi connectivity index (χ4v) is 3.34. The number of hydrogen-bond acceptors (Lipinski definition) is 5. The number of nitrogens with zero attached hydrogens (tertiary/aromatic N) is 4. The number of aromatic nitrogens is 2. The average molecular weight is 285 g/mol. The third-order valence-corrected chi connectivity index (χ3v) is 4.27. The SMILES string of the molecule is NC1=CCC=c2c1c1ccccc1c1nnc3c(c21)C=NN=3. The van der Waals surface area contributed by atoms with E-state index in [1.165, 1.54) is 0 Å². The van der Waals surface area contributed by atoms with Crippen molar-refractivity contribution in [2.45, 2.75) is 6.42 Å². The van der Waals surface area contributed by atoms with Gasteiger partial charge in [-0.1, -0.05) is 36.4 Å². The first-order chi connectivity index (χ1) is 10.8. The smallest absolute Gasteiger partial charge is 0.205 e. The molecule has 2 aromatic carbocycles. The summed E-state index contributed by atoms with van der Waals surface area (Å²) in [6.07, 6.45) is 6.81. The maximum Gasteiger partial charge on any atom is 0.205 e. The third kappa shape index (κ3) is 1.32. The molecule has 0 fully saturated rings. The molecule has 2 aliphatic rings. The molecule has 0 spiro atoms. The molecule has 22 heavy (non-hydrogen) atoms. The molecule has 0 saturated heterocycles. The number of allylic oxidation sites excluding steroid dienone is 1. The van der Waals surface area contributed by atoms with Crippen LogP contribution >= 0.6 is 0 Å². The van der Waals surface area contributed by atoms with E-state index >= 15 is 0 Å². The lowest BCUT2D eigenvalue weighted by Crippen LogP contribution is -2.23. The van der Waals surface area contributed by atoms with Crippen LogP contribution in [0.25, 0.3) is 33.4 Å². The Morgan fingerprint density at radius 3 is 2.77 bits per heavy atom. The van der Waals surface area contributed by atoms with Gasteiger partial charge in [0, 0.05) is 22.0 Å². The molecular formula is C17H11N5. The van der Waals surface area contributed by atoms with Gasteiger partial charge in [-0.2, -0.15) is 5.10 Å². The van der Waals surface area contributed by atoms with Gasteiger partial charge in [0.25, 0.3) is 0 Å². The Bertz CT molecular complexity index is 1160. The van der Waals surface area contributed by atoms with Gasteiger partial charge in [0.15, 0.2) is 0 Å². The van der Waals surface area contributed by atoms with E-state index in [-0.39, 0.29) is 0 Å². The second-order valence-corrected chi connectivity index (χ2v) is 5.44. The maximum atomic E-state index is 6.30. The molecular weight excluding hydrogens is 274 g/mol. The zero-order valence-corrected chi connectivity index (χ0v) is 11.6.